The molecular formula is C17H24N2O4. The Balaban J connectivity index is 2.34. The van der Waals surface area contributed by atoms with Crippen molar-refractivity contribution >= 4 is 11.5 Å². The van der Waals surface area contributed by atoms with Crippen LogP contribution in [0.2, 0.25) is 0 Å². The van der Waals surface area contributed by atoms with Crippen LogP contribution < -0.4 is 19.9 Å². The topological polar surface area (TPSA) is 74.0 Å². The van der Waals surface area contributed by atoms with Gasteiger partial charge in [0.25, 0.3) is 0 Å². The van der Waals surface area contributed by atoms with Crippen LogP contribution in [0.1, 0.15) is 18.9 Å². The van der Waals surface area contributed by atoms with Crippen LogP contribution in [0.25, 0.3) is 5.57 Å². The summed E-state index contributed by atoms with van der Waals surface area (Å²) in [6.07, 6.45) is 2.88. The molecule has 6 heteroatoms. The SMILES string of the molecule is COc1cc(OC)c(C2=CCN([C@@H](C)C(N)=O)CC2)c(OC)c1. The van der Waals surface area contributed by atoms with Gasteiger partial charge in [0.05, 0.1) is 32.9 Å². The third-order valence-corrected chi connectivity index (χ3v) is 4.24. The number of carbonyl (C=O) groups excluding carboxylic acids is 1. The second-order valence-electron chi connectivity index (χ2n) is 5.46. The molecule has 1 aliphatic heterocycles. The number of nitrogens with two attached hydrogens (primary N) is 1. The normalized spacial score (nSPS) is 16.4. The molecule has 1 heterocycles. The first kappa shape index (κ1) is 17.1. The molecule has 1 amide bonds. The largest absolute Gasteiger partial charge is 0.496 e. The molecule has 1 aliphatic rings. The number of amides is 1. The zero-order valence-corrected chi connectivity index (χ0v) is 14.1. The molecule has 1 aromatic carbocycles. The van der Waals surface area contributed by atoms with Gasteiger partial charge < -0.3 is 19.9 Å². The third-order valence-electron chi connectivity index (χ3n) is 4.24. The number of carbonyl (C=O) groups is 1. The molecule has 0 aliphatic carbocycles. The smallest absolute Gasteiger partial charge is 0.234 e. The fourth-order valence-electron chi connectivity index (χ4n) is 2.77. The van der Waals surface area contributed by atoms with Gasteiger partial charge in [-0.1, -0.05) is 6.08 Å². The molecule has 1 atom stereocenters. The lowest BCUT2D eigenvalue weighted by Gasteiger charge is -2.30. The Hall–Kier alpha value is -2.21. The van der Waals surface area contributed by atoms with Crippen molar-refractivity contribution in [1.82, 2.24) is 4.90 Å². The molecule has 0 aromatic heterocycles. The predicted octanol–water partition coefficient (Wildman–Crippen LogP) is 1.68. The van der Waals surface area contributed by atoms with E-state index in [1.165, 1.54) is 0 Å². The molecule has 0 fully saturated rings. The monoisotopic (exact) mass is 320 g/mol. The van der Waals surface area contributed by atoms with Gasteiger partial charge in [0.1, 0.15) is 17.2 Å². The third kappa shape index (κ3) is 3.59. The molecule has 23 heavy (non-hydrogen) atoms. The first-order valence-electron chi connectivity index (χ1n) is 7.54. The first-order chi connectivity index (χ1) is 11.0. The fraction of sp³-hybridized carbons (Fsp3) is 0.471. The lowest BCUT2D eigenvalue weighted by atomic mass is 9.96. The quantitative estimate of drug-likeness (QED) is 0.863. The lowest BCUT2D eigenvalue weighted by Crippen LogP contribution is -2.44. The maximum atomic E-state index is 11.3. The molecule has 0 saturated heterocycles. The Bertz CT molecular complexity index is 588. The summed E-state index contributed by atoms with van der Waals surface area (Å²) in [4.78, 5) is 13.4. The van der Waals surface area contributed by atoms with Crippen molar-refractivity contribution < 1.29 is 19.0 Å². The number of ether oxygens (including phenoxy) is 3. The van der Waals surface area contributed by atoms with Gasteiger partial charge in [-0.3, -0.25) is 9.69 Å². The highest BCUT2D eigenvalue weighted by Crippen LogP contribution is 2.40. The van der Waals surface area contributed by atoms with E-state index in [2.05, 4.69) is 6.08 Å². The molecule has 0 radical (unpaired) electrons. The van der Waals surface area contributed by atoms with E-state index < -0.39 is 0 Å². The summed E-state index contributed by atoms with van der Waals surface area (Å²) >= 11 is 0. The Morgan fingerprint density at radius 3 is 2.17 bits per heavy atom. The van der Waals surface area contributed by atoms with E-state index in [4.69, 9.17) is 19.9 Å². The second kappa shape index (κ2) is 7.37. The summed E-state index contributed by atoms with van der Waals surface area (Å²) in [5.41, 5.74) is 7.45. The van der Waals surface area contributed by atoms with Gasteiger partial charge >= 0.3 is 0 Å². The van der Waals surface area contributed by atoms with Crippen LogP contribution in [0.4, 0.5) is 0 Å². The molecule has 0 bridgehead atoms. The Labute approximate surface area is 136 Å². The van der Waals surface area contributed by atoms with Crippen molar-refractivity contribution in [1.29, 1.82) is 0 Å². The molecule has 126 valence electrons. The van der Waals surface area contributed by atoms with Crippen molar-refractivity contribution in [2.24, 2.45) is 5.73 Å². The van der Waals surface area contributed by atoms with Gasteiger partial charge in [-0.05, 0) is 18.9 Å². The Morgan fingerprint density at radius 2 is 1.78 bits per heavy atom. The van der Waals surface area contributed by atoms with E-state index in [9.17, 15) is 4.79 Å². The average Bonchev–Trinajstić information content (AvgIpc) is 2.59. The van der Waals surface area contributed by atoms with Gasteiger partial charge in [0.2, 0.25) is 5.91 Å². The average molecular weight is 320 g/mol. The fourth-order valence-corrected chi connectivity index (χ4v) is 2.77. The molecule has 6 nitrogen and oxygen atoms in total. The molecular weight excluding hydrogens is 296 g/mol. The predicted molar refractivity (Wildman–Crippen MR) is 88.9 cm³/mol. The standard InChI is InChI=1S/C17H24N2O4/c1-11(17(18)20)19-7-5-12(6-8-19)16-14(22-3)9-13(21-2)10-15(16)23-4/h5,9-11H,6-8H2,1-4H3,(H2,18,20)/t11-/m0/s1. The summed E-state index contributed by atoms with van der Waals surface area (Å²) in [5, 5.41) is 0. The van der Waals surface area contributed by atoms with Crippen LogP contribution in [0.15, 0.2) is 18.2 Å². The summed E-state index contributed by atoms with van der Waals surface area (Å²) in [7, 11) is 4.86. The highest BCUT2D eigenvalue weighted by atomic mass is 16.5. The zero-order chi connectivity index (χ0) is 17.0. The minimum atomic E-state index is -0.304. The van der Waals surface area contributed by atoms with Crippen molar-refractivity contribution in [3.05, 3.63) is 23.8 Å². The van der Waals surface area contributed by atoms with Gasteiger partial charge in [0, 0.05) is 25.2 Å². The van der Waals surface area contributed by atoms with Crippen molar-refractivity contribution in [2.45, 2.75) is 19.4 Å². The van der Waals surface area contributed by atoms with E-state index in [-0.39, 0.29) is 11.9 Å². The number of hydrogen-bond acceptors (Lipinski definition) is 5. The van der Waals surface area contributed by atoms with Crippen LogP contribution in [0.5, 0.6) is 17.2 Å². The van der Waals surface area contributed by atoms with E-state index in [0.29, 0.717) is 23.8 Å². The molecule has 1 aromatic rings. The molecule has 0 unspecified atom stereocenters. The maximum absolute atomic E-state index is 11.3. The van der Waals surface area contributed by atoms with Crippen molar-refractivity contribution in [2.75, 3.05) is 34.4 Å². The Morgan fingerprint density at radius 1 is 1.17 bits per heavy atom. The van der Waals surface area contributed by atoms with Crippen LogP contribution in [-0.4, -0.2) is 51.3 Å². The highest BCUT2D eigenvalue weighted by Gasteiger charge is 2.24. The minimum absolute atomic E-state index is 0.271. The van der Waals surface area contributed by atoms with Crippen LogP contribution >= 0.6 is 0 Å². The summed E-state index contributed by atoms with van der Waals surface area (Å²) < 4.78 is 16.3. The first-order valence-corrected chi connectivity index (χ1v) is 7.54. The number of benzene rings is 1. The van der Waals surface area contributed by atoms with Gasteiger partial charge in [0.15, 0.2) is 0 Å². The van der Waals surface area contributed by atoms with E-state index >= 15 is 0 Å². The van der Waals surface area contributed by atoms with Gasteiger partial charge in [-0.25, -0.2) is 0 Å². The van der Waals surface area contributed by atoms with E-state index in [1.54, 1.807) is 21.3 Å². The number of rotatable bonds is 6. The van der Waals surface area contributed by atoms with Crippen LogP contribution in [-0.2, 0) is 4.79 Å². The van der Waals surface area contributed by atoms with Crippen LogP contribution in [0, 0.1) is 0 Å². The number of nitrogens with zero attached hydrogens (tertiary/aromatic N) is 1. The number of hydrogen-bond donors (Lipinski definition) is 1. The van der Waals surface area contributed by atoms with Crippen molar-refractivity contribution in [3.63, 3.8) is 0 Å². The Kier molecular flexibility index (Phi) is 5.50. The van der Waals surface area contributed by atoms with Gasteiger partial charge in [-0.15, -0.1) is 0 Å². The van der Waals surface area contributed by atoms with E-state index in [0.717, 1.165) is 24.1 Å². The second-order valence-corrected chi connectivity index (χ2v) is 5.46. The van der Waals surface area contributed by atoms with Gasteiger partial charge in [-0.2, -0.15) is 0 Å². The number of methoxy groups -OCH3 is 3. The van der Waals surface area contributed by atoms with E-state index in [1.807, 2.05) is 24.0 Å². The summed E-state index contributed by atoms with van der Waals surface area (Å²) in [6.45, 7) is 3.25. The lowest BCUT2D eigenvalue weighted by molar-refractivity contribution is -0.122. The highest BCUT2D eigenvalue weighted by molar-refractivity contribution is 5.80. The maximum Gasteiger partial charge on any atom is 0.234 e. The zero-order valence-electron chi connectivity index (χ0n) is 14.1. The summed E-state index contributed by atoms with van der Waals surface area (Å²) in [5.74, 6) is 1.80. The molecule has 2 N–H and O–H groups in total. The summed E-state index contributed by atoms with van der Waals surface area (Å²) in [6, 6.07) is 3.42. The van der Waals surface area contributed by atoms with Crippen molar-refractivity contribution in [3.8, 4) is 17.2 Å². The molecule has 0 spiro atoms. The molecule has 0 saturated carbocycles. The molecule has 2 rings (SSSR count). The van der Waals surface area contributed by atoms with Crippen LogP contribution in [0.3, 0.4) is 0 Å². The number of primary amides is 1. The minimum Gasteiger partial charge on any atom is -0.496 e.